The van der Waals surface area contributed by atoms with Crippen LogP contribution < -0.4 is 0 Å². The van der Waals surface area contributed by atoms with E-state index in [1.807, 2.05) is 27.7 Å². The summed E-state index contributed by atoms with van der Waals surface area (Å²) in [5.74, 6) is 0. The molecule has 0 radical (unpaired) electrons. The number of piperidine rings is 1. The van der Waals surface area contributed by atoms with Gasteiger partial charge in [-0.05, 0) is 27.2 Å². The maximum absolute atomic E-state index is 11.9. The first-order valence-electron chi connectivity index (χ1n) is 6.37. The third-order valence-electron chi connectivity index (χ3n) is 3.23. The standard InChI is InChI=1S/C13H22N2O3/c1-5-13(17-10-14)6-8-15(9-7-13)11(16)18-12(2,3)4/h5-9H2,1-4H3. The number of rotatable bonds is 2. The molecule has 1 saturated heterocycles. The van der Waals surface area contributed by atoms with Crippen LogP contribution in [0.15, 0.2) is 0 Å². The van der Waals surface area contributed by atoms with E-state index in [2.05, 4.69) is 0 Å². The van der Waals surface area contributed by atoms with Crippen molar-refractivity contribution in [2.75, 3.05) is 13.1 Å². The maximum atomic E-state index is 11.9. The van der Waals surface area contributed by atoms with E-state index in [4.69, 9.17) is 14.7 Å². The molecule has 1 heterocycles. The molecule has 0 aliphatic carbocycles. The van der Waals surface area contributed by atoms with E-state index in [-0.39, 0.29) is 6.09 Å². The highest BCUT2D eigenvalue weighted by Gasteiger charge is 2.37. The van der Waals surface area contributed by atoms with E-state index in [9.17, 15) is 4.79 Å². The van der Waals surface area contributed by atoms with Crippen molar-refractivity contribution >= 4 is 6.09 Å². The molecule has 0 spiro atoms. The van der Waals surface area contributed by atoms with Crippen LogP contribution >= 0.6 is 0 Å². The Balaban J connectivity index is 2.53. The Morgan fingerprint density at radius 1 is 1.39 bits per heavy atom. The molecule has 1 aliphatic rings. The summed E-state index contributed by atoms with van der Waals surface area (Å²) in [7, 11) is 0. The molecule has 5 nitrogen and oxygen atoms in total. The zero-order valence-corrected chi connectivity index (χ0v) is 11.7. The van der Waals surface area contributed by atoms with Crippen molar-refractivity contribution in [3.8, 4) is 6.26 Å². The van der Waals surface area contributed by atoms with Gasteiger partial charge in [-0.3, -0.25) is 0 Å². The molecule has 1 amide bonds. The number of nitrogens with zero attached hydrogens (tertiary/aromatic N) is 2. The van der Waals surface area contributed by atoms with E-state index in [0.717, 1.165) is 6.42 Å². The second-order valence-corrected chi connectivity index (χ2v) is 5.70. The minimum atomic E-state index is -0.473. The second kappa shape index (κ2) is 5.47. The molecule has 0 saturated carbocycles. The molecule has 102 valence electrons. The molecular weight excluding hydrogens is 232 g/mol. The van der Waals surface area contributed by atoms with Crippen molar-refractivity contribution in [3.63, 3.8) is 0 Å². The average Bonchev–Trinajstić information content (AvgIpc) is 2.28. The van der Waals surface area contributed by atoms with Gasteiger partial charge in [0, 0.05) is 25.9 Å². The smallest absolute Gasteiger partial charge is 0.410 e. The van der Waals surface area contributed by atoms with Crippen molar-refractivity contribution in [1.29, 1.82) is 5.26 Å². The highest BCUT2D eigenvalue weighted by molar-refractivity contribution is 5.68. The lowest BCUT2D eigenvalue weighted by Crippen LogP contribution is -2.48. The fourth-order valence-corrected chi connectivity index (χ4v) is 2.05. The first-order valence-corrected chi connectivity index (χ1v) is 6.37. The van der Waals surface area contributed by atoms with Crippen LogP contribution in [0.5, 0.6) is 0 Å². The molecule has 0 unspecified atom stereocenters. The summed E-state index contributed by atoms with van der Waals surface area (Å²) in [6.07, 6.45) is 3.62. The lowest BCUT2D eigenvalue weighted by Gasteiger charge is -2.39. The largest absolute Gasteiger partial charge is 0.444 e. The van der Waals surface area contributed by atoms with Gasteiger partial charge in [-0.2, -0.15) is 5.26 Å². The molecule has 1 aliphatic heterocycles. The van der Waals surface area contributed by atoms with Crippen LogP contribution in [0.3, 0.4) is 0 Å². The molecule has 0 aromatic rings. The monoisotopic (exact) mass is 254 g/mol. The zero-order chi connectivity index (χ0) is 13.8. The molecule has 5 heteroatoms. The van der Waals surface area contributed by atoms with E-state index in [1.165, 1.54) is 0 Å². The van der Waals surface area contributed by atoms with Gasteiger partial charge in [0.15, 0.2) is 0 Å². The van der Waals surface area contributed by atoms with Crippen LogP contribution in [0.2, 0.25) is 0 Å². The third-order valence-corrected chi connectivity index (χ3v) is 3.23. The van der Waals surface area contributed by atoms with Gasteiger partial charge in [-0.25, -0.2) is 4.79 Å². The minimum Gasteiger partial charge on any atom is -0.444 e. The normalized spacial score (nSPS) is 18.9. The third kappa shape index (κ3) is 3.80. The van der Waals surface area contributed by atoms with Gasteiger partial charge >= 0.3 is 6.09 Å². The molecular formula is C13H22N2O3. The van der Waals surface area contributed by atoms with Gasteiger partial charge < -0.3 is 14.4 Å². The van der Waals surface area contributed by atoms with Crippen molar-refractivity contribution < 1.29 is 14.3 Å². The molecule has 0 bridgehead atoms. The van der Waals surface area contributed by atoms with Gasteiger partial charge in [-0.15, -0.1) is 0 Å². The molecule has 18 heavy (non-hydrogen) atoms. The number of carbonyl (C=O) groups is 1. The Labute approximate surface area is 109 Å². The van der Waals surface area contributed by atoms with E-state index < -0.39 is 11.2 Å². The predicted octanol–water partition coefficient (Wildman–Crippen LogP) is 2.66. The number of ether oxygens (including phenoxy) is 2. The van der Waals surface area contributed by atoms with Crippen LogP contribution in [0.4, 0.5) is 4.79 Å². The number of carbonyl (C=O) groups excluding carboxylic acids is 1. The Bertz CT molecular complexity index is 333. The minimum absolute atomic E-state index is 0.288. The SMILES string of the molecule is CCC1(OC#N)CCN(C(=O)OC(C)(C)C)CC1. The van der Waals surface area contributed by atoms with Crippen LogP contribution in [0, 0.1) is 11.5 Å². The van der Waals surface area contributed by atoms with Crippen molar-refractivity contribution in [2.24, 2.45) is 0 Å². The van der Waals surface area contributed by atoms with Gasteiger partial charge in [0.05, 0.1) is 0 Å². The predicted molar refractivity (Wildman–Crippen MR) is 66.8 cm³/mol. The number of hydrogen-bond donors (Lipinski definition) is 0. The fourth-order valence-electron chi connectivity index (χ4n) is 2.05. The molecule has 1 fully saturated rings. The Morgan fingerprint density at radius 2 is 1.94 bits per heavy atom. The van der Waals surface area contributed by atoms with Crippen molar-refractivity contribution in [3.05, 3.63) is 0 Å². The molecule has 0 aromatic carbocycles. The molecule has 0 N–H and O–H groups in total. The number of amides is 1. The van der Waals surface area contributed by atoms with Gasteiger partial charge in [0.2, 0.25) is 0 Å². The highest BCUT2D eigenvalue weighted by atomic mass is 16.6. The second-order valence-electron chi connectivity index (χ2n) is 5.70. The number of hydrogen-bond acceptors (Lipinski definition) is 4. The summed E-state index contributed by atoms with van der Waals surface area (Å²) < 4.78 is 10.5. The lowest BCUT2D eigenvalue weighted by molar-refractivity contribution is -0.0355. The van der Waals surface area contributed by atoms with Gasteiger partial charge in [0.1, 0.15) is 11.2 Å². The highest BCUT2D eigenvalue weighted by Crippen LogP contribution is 2.30. The first-order chi connectivity index (χ1) is 8.32. The summed E-state index contributed by atoms with van der Waals surface area (Å²) in [6.45, 7) is 8.70. The van der Waals surface area contributed by atoms with Crippen LogP contribution in [0.25, 0.3) is 0 Å². The quantitative estimate of drug-likeness (QED) is 0.711. The van der Waals surface area contributed by atoms with Crippen LogP contribution in [-0.2, 0) is 9.47 Å². The lowest BCUT2D eigenvalue weighted by atomic mass is 9.89. The van der Waals surface area contributed by atoms with Crippen LogP contribution in [-0.4, -0.2) is 35.3 Å². The molecule has 1 rings (SSSR count). The maximum Gasteiger partial charge on any atom is 0.410 e. The topological polar surface area (TPSA) is 62.6 Å². The zero-order valence-electron chi connectivity index (χ0n) is 11.7. The van der Waals surface area contributed by atoms with Crippen molar-refractivity contribution in [2.45, 2.75) is 58.2 Å². The van der Waals surface area contributed by atoms with Gasteiger partial charge in [0.25, 0.3) is 6.26 Å². The summed E-state index contributed by atoms with van der Waals surface area (Å²) in [5, 5.41) is 8.67. The Kier molecular flexibility index (Phi) is 4.44. The summed E-state index contributed by atoms with van der Waals surface area (Å²) in [5.41, 5.74) is -0.868. The number of likely N-dealkylation sites (tertiary alicyclic amines) is 1. The summed E-state index contributed by atoms with van der Waals surface area (Å²) in [6, 6.07) is 0. The average molecular weight is 254 g/mol. The molecule has 0 aromatic heterocycles. The molecule has 0 atom stereocenters. The summed E-state index contributed by atoms with van der Waals surface area (Å²) in [4.78, 5) is 13.5. The van der Waals surface area contributed by atoms with Crippen molar-refractivity contribution in [1.82, 2.24) is 4.90 Å². The van der Waals surface area contributed by atoms with E-state index in [0.29, 0.717) is 25.9 Å². The first kappa shape index (κ1) is 14.6. The van der Waals surface area contributed by atoms with E-state index >= 15 is 0 Å². The number of nitriles is 1. The Hall–Kier alpha value is -1.44. The van der Waals surface area contributed by atoms with E-state index in [1.54, 1.807) is 11.2 Å². The Morgan fingerprint density at radius 3 is 2.33 bits per heavy atom. The van der Waals surface area contributed by atoms with Crippen LogP contribution in [0.1, 0.15) is 47.0 Å². The fraction of sp³-hybridized carbons (Fsp3) is 0.846. The summed E-state index contributed by atoms with van der Waals surface area (Å²) >= 11 is 0. The van der Waals surface area contributed by atoms with Gasteiger partial charge in [-0.1, -0.05) is 6.92 Å².